The standard InChI is InChI=1S/C28H23N5O4S.C21H24BNO3.C19H15N3O3S.C15H12BrNO.C12H24B2O4.C8H6BrNO.C4H3BrN2O2S/c29-26(35)25(34)22(13-17-7-3-1-4-8-17)30-27(36)24-23(31-38-32-24)19-11-12-20-16-33(28(37)21(20)14-19)15-18-9-5-2-6-10-18;1-20(2)21(3,4)26-22(25-20)17-11-10-16-14-23(19(24)18(16)12-17)13-15-8-6-5-7-9-15;1-25-19(24)17-16(20-26-21-17)13-7-8-14-11-22(18(23)15(14)9-13)10-12-5-3-2-4-6-12;16-13-7-6-12-10-17(15(18)14(12)8-13)9-11-4-2-1-3-5-11;1-9(2)10(3,4)16-13(15-9)14-17-11(5,6)12(7,8)18-14;9-6-2-1-5-4-10-8(11)7(5)3-6;1-9-4(8)2-3(5)7-10-6-2/h1-12,14,22H,13,15-16H2,(H2,29,35)(H,30,36);5-12H,13-14H2,1-4H3;2-9H,10-11H2,1H3;1-8H,9-10H2;1-8H3;1-3H,4H2,(H,10,11);1H3. The lowest BCUT2D eigenvalue weighted by Crippen LogP contribution is -2.47. The van der Waals surface area contributed by atoms with Crippen LogP contribution < -0.4 is 21.8 Å². The first-order valence-electron chi connectivity index (χ1n) is 47.1. The van der Waals surface area contributed by atoms with Crippen LogP contribution in [0.1, 0.15) is 222 Å². The van der Waals surface area contributed by atoms with Crippen molar-refractivity contribution in [2.45, 2.75) is 188 Å². The Kier molecular flexibility index (Phi) is 34.1. The predicted octanol–water partition coefficient (Wildman–Crippen LogP) is 17.7. The van der Waals surface area contributed by atoms with Gasteiger partial charge in [0, 0.05) is 113 Å². The molecule has 0 radical (unpaired) electrons. The number of amides is 7. The van der Waals surface area contributed by atoms with E-state index in [1.807, 2.05) is 298 Å². The molecule has 40 heteroatoms. The van der Waals surface area contributed by atoms with E-state index in [1.165, 1.54) is 14.2 Å². The number of methoxy groups -OCH3 is 2. The number of ether oxygens (including phenoxy) is 2. The number of aromatic nitrogens is 6. The summed E-state index contributed by atoms with van der Waals surface area (Å²) in [6.07, 6.45) is 0.0891. The zero-order chi connectivity index (χ0) is 105. The maximum absolute atomic E-state index is 13.2. The minimum Gasteiger partial charge on any atom is -0.464 e. The van der Waals surface area contributed by atoms with Crippen LogP contribution in [0.25, 0.3) is 22.5 Å². The number of fused-ring (bicyclic) bond motifs is 5. The van der Waals surface area contributed by atoms with Crippen molar-refractivity contribution in [3.05, 3.63) is 357 Å². The molecule has 0 aliphatic carbocycles. The lowest BCUT2D eigenvalue weighted by atomic mass is 9.49. The molecule has 10 aromatic carbocycles. The summed E-state index contributed by atoms with van der Waals surface area (Å²) in [6.45, 7) is 29.8. The first-order valence-corrected chi connectivity index (χ1v) is 51.7. The van der Waals surface area contributed by atoms with E-state index in [4.69, 9.17) is 38.4 Å². The number of carbonyl (C=O) groups is 10. The summed E-state index contributed by atoms with van der Waals surface area (Å²) < 4.78 is 71.6. The molecule has 31 nitrogen and oxygen atoms in total. The number of Topliss-reactive ketones (excluding diaryl/α,β-unsaturated/α-hetero) is 1. The van der Waals surface area contributed by atoms with Crippen molar-refractivity contribution in [1.29, 1.82) is 0 Å². The van der Waals surface area contributed by atoms with Crippen molar-refractivity contribution in [1.82, 2.24) is 56.5 Å². The van der Waals surface area contributed by atoms with E-state index < -0.39 is 56.7 Å². The van der Waals surface area contributed by atoms with Gasteiger partial charge in [0.25, 0.3) is 41.4 Å². The Balaban J connectivity index is 0.000000134. The Bertz CT molecular complexity index is 7000. The molecule has 13 aromatic rings. The van der Waals surface area contributed by atoms with Gasteiger partial charge in [-0.15, -0.1) is 0 Å². The van der Waals surface area contributed by atoms with Crippen LogP contribution >= 0.6 is 83.0 Å². The molecule has 756 valence electrons. The molecule has 0 bridgehead atoms. The fraction of sp³-hybridized carbons (Fsp3) is 0.290. The van der Waals surface area contributed by atoms with Gasteiger partial charge in [-0.25, -0.2) is 9.59 Å². The molecular weight excluding hydrogens is 2120 g/mol. The number of esters is 2. The quantitative estimate of drug-likeness (QED) is 0.0362. The summed E-state index contributed by atoms with van der Waals surface area (Å²) in [5, 5.41) is 5.35. The highest BCUT2D eigenvalue weighted by Crippen LogP contribution is 2.45. The summed E-state index contributed by atoms with van der Waals surface area (Å²) in [7, 11) is 1.21. The van der Waals surface area contributed by atoms with Crippen molar-refractivity contribution in [2.75, 3.05) is 14.2 Å². The monoisotopic (exact) mass is 2230 g/mol. The number of nitrogens with zero attached hydrogens (tertiary/aromatic N) is 10. The molecule has 8 aliphatic heterocycles. The smallest absolute Gasteiger partial charge is 0.464 e. The third-order valence-corrected chi connectivity index (χ3v) is 30.3. The first-order chi connectivity index (χ1) is 70.0. The normalized spacial score (nSPS) is 16.7. The highest BCUT2D eigenvalue weighted by molar-refractivity contribution is 9.11. The minimum atomic E-state index is -1.16. The van der Waals surface area contributed by atoms with E-state index in [0.29, 0.717) is 91.5 Å². The number of carbonyl (C=O) groups excluding carboxylic acids is 10. The van der Waals surface area contributed by atoms with Gasteiger partial charge in [0.1, 0.15) is 17.4 Å². The number of rotatable bonds is 20. The summed E-state index contributed by atoms with van der Waals surface area (Å²) in [6, 6.07) is 76.2. The zero-order valence-electron chi connectivity index (χ0n) is 83.2. The average molecular weight is 2230 g/mol. The van der Waals surface area contributed by atoms with Crippen LogP contribution in [0.3, 0.4) is 0 Å². The number of hydrogen-bond donors (Lipinski definition) is 3. The second-order valence-corrected chi connectivity index (χ2v) is 42.8. The Hall–Kier alpha value is -12.8. The highest BCUT2D eigenvalue weighted by atomic mass is 79.9. The van der Waals surface area contributed by atoms with E-state index in [0.717, 1.165) is 122 Å². The van der Waals surface area contributed by atoms with Gasteiger partial charge in [0.2, 0.25) is 5.78 Å². The van der Waals surface area contributed by atoms with Crippen LogP contribution in [-0.4, -0.2) is 180 Å². The molecule has 3 fully saturated rings. The molecule has 11 heterocycles. The molecule has 3 aromatic heterocycles. The van der Waals surface area contributed by atoms with Crippen LogP contribution in [-0.2, 0) is 112 Å². The van der Waals surface area contributed by atoms with E-state index in [1.54, 1.807) is 47.4 Å². The molecule has 4 N–H and O–H groups in total. The molecule has 8 aliphatic rings. The SMILES string of the molecule is CC1(C)OB(B2OC(C)(C)C(C)(C)O2)OC1(C)C.CC1(C)OB(c2ccc3c(c2)C(=O)N(Cc2ccccc2)C3)OC1(C)C.COC(=O)c1nsnc1-c1ccc2c(c1)C(=O)N(Cc1ccccc1)C2.COC(=O)c1nsnc1Br.NC(=O)C(=O)C(Cc1ccccc1)NC(=O)c1nsnc1-c1ccc2c(c1)C(=O)N(Cc1ccccc1)C2.O=C1NCc2ccc(Br)cc21.O=C1c2cc(Br)ccc2CN1Cc1ccccc1. The molecule has 0 spiro atoms. The summed E-state index contributed by atoms with van der Waals surface area (Å²) in [5.74, 6) is -3.62. The molecule has 1 unspecified atom stereocenters. The van der Waals surface area contributed by atoms with Crippen molar-refractivity contribution >= 4 is 169 Å². The fourth-order valence-electron chi connectivity index (χ4n) is 16.8. The second kappa shape index (κ2) is 46.3. The van der Waals surface area contributed by atoms with Crippen molar-refractivity contribution in [3.8, 4) is 22.5 Å². The van der Waals surface area contributed by atoms with Crippen LogP contribution in [0.15, 0.2) is 256 Å². The number of nitrogens with two attached hydrogens (primary N) is 1. The van der Waals surface area contributed by atoms with E-state index >= 15 is 0 Å². The topological polar surface area (TPSA) is 385 Å². The molecule has 0 saturated carbocycles. The van der Waals surface area contributed by atoms with Crippen molar-refractivity contribution in [3.63, 3.8) is 0 Å². The zero-order valence-corrected chi connectivity index (χ0v) is 90.4. The van der Waals surface area contributed by atoms with Crippen LogP contribution in [0.4, 0.5) is 0 Å². The number of halogens is 3. The lowest BCUT2D eigenvalue weighted by Gasteiger charge is -2.32. The molecule has 147 heavy (non-hydrogen) atoms. The Morgan fingerprint density at radius 2 is 0.721 bits per heavy atom. The maximum Gasteiger partial charge on any atom is 0.494 e. The van der Waals surface area contributed by atoms with Crippen LogP contribution in [0.2, 0.25) is 0 Å². The molecular formula is C107H107B3Br3N13O18S3. The minimum absolute atomic E-state index is 0.00290. The van der Waals surface area contributed by atoms with Gasteiger partial charge in [0.15, 0.2) is 21.7 Å². The van der Waals surface area contributed by atoms with Crippen molar-refractivity contribution in [2.24, 2.45) is 5.73 Å². The second-order valence-electron chi connectivity index (χ2n) is 38.6. The molecule has 21 rings (SSSR count). The third kappa shape index (κ3) is 25.4. The summed E-state index contributed by atoms with van der Waals surface area (Å²) >= 11 is 12.5. The Morgan fingerprint density at radius 1 is 0.395 bits per heavy atom. The fourth-order valence-corrected chi connectivity index (χ4v) is 19.6. The van der Waals surface area contributed by atoms with Gasteiger partial charge in [0.05, 0.1) is 83.0 Å². The number of ketones is 1. The van der Waals surface area contributed by atoms with Gasteiger partial charge in [-0.1, -0.05) is 232 Å². The number of nitrogens with one attached hydrogen (secondary N) is 2. The largest absolute Gasteiger partial charge is 0.494 e. The van der Waals surface area contributed by atoms with Gasteiger partial charge in [-0.3, -0.25) is 38.4 Å². The van der Waals surface area contributed by atoms with E-state index in [9.17, 15) is 47.9 Å². The Morgan fingerprint density at radius 3 is 1.11 bits per heavy atom. The van der Waals surface area contributed by atoms with E-state index in [-0.39, 0.29) is 92.3 Å². The number of primary amides is 1. The predicted molar refractivity (Wildman–Crippen MR) is 570 cm³/mol. The summed E-state index contributed by atoms with van der Waals surface area (Å²) in [5.41, 5.74) is 20.1. The van der Waals surface area contributed by atoms with Crippen LogP contribution in [0.5, 0.6) is 0 Å². The van der Waals surface area contributed by atoms with Gasteiger partial charge >= 0.3 is 33.1 Å². The third-order valence-electron chi connectivity index (χ3n) is 26.9. The van der Waals surface area contributed by atoms with Crippen LogP contribution in [0, 0.1) is 0 Å². The number of hydrogen-bond acceptors (Lipinski definition) is 27. The maximum atomic E-state index is 13.2. The van der Waals surface area contributed by atoms with Crippen molar-refractivity contribution < 1.29 is 85.3 Å². The lowest BCUT2D eigenvalue weighted by molar-refractivity contribution is -0.137. The molecule has 7 amide bonds. The summed E-state index contributed by atoms with van der Waals surface area (Å²) in [4.78, 5) is 129. The number of benzene rings is 10. The van der Waals surface area contributed by atoms with Gasteiger partial charge in [-0.05, 0) is 203 Å². The highest BCUT2D eigenvalue weighted by Gasteiger charge is 2.64. The Labute approximate surface area is 890 Å². The average Bonchev–Trinajstić information content (AvgIpc) is 1.60. The first kappa shape index (κ1) is 108. The van der Waals surface area contributed by atoms with E-state index in [2.05, 4.69) is 89.4 Å². The molecule has 1 atom stereocenters. The van der Waals surface area contributed by atoms with Gasteiger partial charge in [-0.2, -0.15) is 26.2 Å². The molecule has 3 saturated heterocycles. The van der Waals surface area contributed by atoms with Gasteiger partial charge < -0.3 is 73.4 Å².